The Morgan fingerprint density at radius 3 is 2.52 bits per heavy atom. The Balaban J connectivity index is 2.12. The molecule has 0 unspecified atom stereocenters. The van der Waals surface area contributed by atoms with Gasteiger partial charge in [0.15, 0.2) is 11.5 Å². The van der Waals surface area contributed by atoms with Crippen molar-refractivity contribution in [1.82, 2.24) is 0 Å². The Kier molecular flexibility index (Phi) is 6.25. The highest BCUT2D eigenvalue weighted by atomic mass is 35.5. The van der Waals surface area contributed by atoms with Crippen molar-refractivity contribution in [1.29, 1.82) is 0 Å². The van der Waals surface area contributed by atoms with Crippen LogP contribution in [0.25, 0.3) is 0 Å². The zero-order valence-electron chi connectivity index (χ0n) is 14.1. The Bertz CT molecular complexity index is 806. The number of carbonyl (C=O) groups excluding carboxylic acids is 1. The van der Waals surface area contributed by atoms with Crippen LogP contribution < -0.4 is 20.0 Å². The summed E-state index contributed by atoms with van der Waals surface area (Å²) in [5.41, 5.74) is 4.99. The van der Waals surface area contributed by atoms with E-state index < -0.39 is 5.97 Å². The number of carbonyl (C=O) groups is 1. The molecule has 7 heteroatoms. The number of halogens is 1. The second-order valence-electron chi connectivity index (χ2n) is 5.31. The van der Waals surface area contributed by atoms with Crippen LogP contribution in [0.3, 0.4) is 0 Å². The lowest BCUT2D eigenvalue weighted by atomic mass is 10.1. The number of carboxylic acids is 1. The molecular formula is C18H18ClN2O4-. The highest BCUT2D eigenvalue weighted by Crippen LogP contribution is 2.28. The number of anilines is 1. The summed E-state index contributed by atoms with van der Waals surface area (Å²) in [5, 5.41) is 15.5. The van der Waals surface area contributed by atoms with E-state index in [0.717, 1.165) is 11.3 Å². The zero-order valence-corrected chi connectivity index (χ0v) is 14.9. The van der Waals surface area contributed by atoms with Gasteiger partial charge in [-0.1, -0.05) is 23.7 Å². The Hall–Kier alpha value is -2.73. The second-order valence-corrected chi connectivity index (χ2v) is 5.71. The monoisotopic (exact) mass is 361 g/mol. The van der Waals surface area contributed by atoms with Gasteiger partial charge < -0.3 is 19.4 Å². The first-order valence-electron chi connectivity index (χ1n) is 7.45. The molecule has 0 heterocycles. The molecule has 1 N–H and O–H groups in total. The minimum atomic E-state index is -1.27. The van der Waals surface area contributed by atoms with Crippen molar-refractivity contribution in [2.24, 2.45) is 5.10 Å². The third-order valence-electron chi connectivity index (χ3n) is 3.48. The highest BCUT2D eigenvalue weighted by Gasteiger charge is 2.06. The number of hydrazone groups is 1. The number of methoxy groups -OCH3 is 2. The zero-order chi connectivity index (χ0) is 18.4. The van der Waals surface area contributed by atoms with E-state index >= 15 is 0 Å². The summed E-state index contributed by atoms with van der Waals surface area (Å²) >= 11 is 6.04. The Morgan fingerprint density at radius 1 is 1.16 bits per heavy atom. The molecule has 0 radical (unpaired) electrons. The topological polar surface area (TPSA) is 83.0 Å². The number of rotatable bonds is 7. The summed E-state index contributed by atoms with van der Waals surface area (Å²) in [6.07, 6.45) is 0.575. The van der Waals surface area contributed by atoms with E-state index in [2.05, 4.69) is 10.5 Å². The summed E-state index contributed by atoms with van der Waals surface area (Å²) in [5.74, 6) is 0.0288. The molecule has 0 aliphatic heterocycles. The van der Waals surface area contributed by atoms with Crippen LogP contribution in [0.4, 0.5) is 5.69 Å². The van der Waals surface area contributed by atoms with Gasteiger partial charge in [0.25, 0.3) is 0 Å². The number of nitrogens with zero attached hydrogens (tertiary/aromatic N) is 1. The number of benzene rings is 2. The van der Waals surface area contributed by atoms with Gasteiger partial charge in [-0.3, -0.25) is 5.43 Å². The standard InChI is InChI=1S/C18H19ClN2O4/c1-11(8-12-4-7-16(24-2)17(9-12)25-3)20-21-15-10-13(18(22)23)5-6-14(15)19/h4-7,9-10,21H,8H2,1-3H3,(H,22,23)/p-1/b20-11-. The fraction of sp³-hybridized carbons (Fsp3) is 0.222. The molecule has 132 valence electrons. The fourth-order valence-corrected chi connectivity index (χ4v) is 2.38. The maximum atomic E-state index is 10.9. The van der Waals surface area contributed by atoms with Gasteiger partial charge >= 0.3 is 0 Å². The number of nitrogens with one attached hydrogen (secondary N) is 1. The molecule has 0 saturated carbocycles. The molecule has 2 aromatic rings. The largest absolute Gasteiger partial charge is 0.545 e. The van der Waals surface area contributed by atoms with E-state index in [9.17, 15) is 9.90 Å². The third-order valence-corrected chi connectivity index (χ3v) is 3.81. The maximum Gasteiger partial charge on any atom is 0.160 e. The quantitative estimate of drug-likeness (QED) is 0.605. The molecule has 6 nitrogen and oxygen atoms in total. The van der Waals surface area contributed by atoms with Crippen LogP contribution in [0.15, 0.2) is 41.5 Å². The van der Waals surface area contributed by atoms with Crippen molar-refractivity contribution < 1.29 is 19.4 Å². The van der Waals surface area contributed by atoms with Crippen molar-refractivity contribution in [2.45, 2.75) is 13.3 Å². The molecule has 0 amide bonds. The van der Waals surface area contributed by atoms with Crippen molar-refractivity contribution in [2.75, 3.05) is 19.6 Å². The average molecular weight is 362 g/mol. The average Bonchev–Trinajstić information content (AvgIpc) is 2.60. The number of hydrogen-bond donors (Lipinski definition) is 1. The predicted octanol–water partition coefficient (Wildman–Crippen LogP) is 2.75. The molecule has 2 rings (SSSR count). The van der Waals surface area contributed by atoms with Gasteiger partial charge in [0.05, 0.1) is 30.9 Å². The summed E-state index contributed by atoms with van der Waals surface area (Å²) in [6.45, 7) is 1.85. The molecule has 0 spiro atoms. The lowest BCUT2D eigenvalue weighted by Gasteiger charge is -2.10. The molecule has 0 saturated heterocycles. The van der Waals surface area contributed by atoms with Crippen molar-refractivity contribution in [3.05, 3.63) is 52.5 Å². The molecule has 2 aromatic carbocycles. The van der Waals surface area contributed by atoms with Crippen molar-refractivity contribution in [3.8, 4) is 11.5 Å². The molecule has 25 heavy (non-hydrogen) atoms. The normalized spacial score (nSPS) is 11.1. The molecule has 0 aromatic heterocycles. The molecule has 0 atom stereocenters. The van der Waals surface area contributed by atoms with E-state index in [-0.39, 0.29) is 5.56 Å². The number of aromatic carboxylic acids is 1. The van der Waals surface area contributed by atoms with Crippen LogP contribution in [0, 0.1) is 0 Å². The lowest BCUT2D eigenvalue weighted by Crippen LogP contribution is -2.22. The Labute approximate surface area is 151 Å². The van der Waals surface area contributed by atoms with E-state index in [1.807, 2.05) is 25.1 Å². The summed E-state index contributed by atoms with van der Waals surface area (Å²) in [6, 6.07) is 9.86. The first-order chi connectivity index (χ1) is 11.9. The van der Waals surface area contributed by atoms with Crippen LogP contribution in [0.1, 0.15) is 22.8 Å². The number of ether oxygens (including phenoxy) is 2. The molecule has 0 fully saturated rings. The van der Waals surface area contributed by atoms with Crippen LogP contribution in [0.2, 0.25) is 5.02 Å². The van der Waals surface area contributed by atoms with Gasteiger partial charge in [-0.15, -0.1) is 0 Å². The van der Waals surface area contributed by atoms with Gasteiger partial charge in [-0.2, -0.15) is 5.10 Å². The minimum absolute atomic E-state index is 0.0274. The van der Waals surface area contributed by atoms with E-state index in [1.54, 1.807) is 14.2 Å². The second kappa shape index (κ2) is 8.39. The SMILES string of the molecule is COc1ccc(C/C(C)=N\Nc2cc(C(=O)[O-])ccc2Cl)cc1OC. The van der Waals surface area contributed by atoms with Crippen LogP contribution >= 0.6 is 11.6 Å². The number of hydrogen-bond acceptors (Lipinski definition) is 6. The first-order valence-corrected chi connectivity index (χ1v) is 7.83. The van der Waals surface area contributed by atoms with Gasteiger partial charge in [0, 0.05) is 12.1 Å². The highest BCUT2D eigenvalue weighted by molar-refractivity contribution is 6.33. The van der Waals surface area contributed by atoms with E-state index in [1.165, 1.54) is 18.2 Å². The molecule has 0 bridgehead atoms. The van der Waals surface area contributed by atoms with Crippen LogP contribution in [-0.4, -0.2) is 25.9 Å². The molecule has 0 aliphatic rings. The van der Waals surface area contributed by atoms with Crippen LogP contribution in [-0.2, 0) is 6.42 Å². The third kappa shape index (κ3) is 4.87. The smallest absolute Gasteiger partial charge is 0.160 e. The minimum Gasteiger partial charge on any atom is -0.545 e. The van der Waals surface area contributed by atoms with E-state index in [0.29, 0.717) is 28.6 Å². The number of carboxylic acid groups (broad SMARTS) is 1. The maximum absolute atomic E-state index is 10.9. The van der Waals surface area contributed by atoms with Gasteiger partial charge in [0.2, 0.25) is 0 Å². The summed E-state index contributed by atoms with van der Waals surface area (Å²) in [4.78, 5) is 10.9. The van der Waals surface area contributed by atoms with Gasteiger partial charge in [-0.25, -0.2) is 0 Å². The predicted molar refractivity (Wildman–Crippen MR) is 95.8 cm³/mol. The van der Waals surface area contributed by atoms with Crippen LogP contribution in [0.5, 0.6) is 11.5 Å². The van der Waals surface area contributed by atoms with Gasteiger partial charge in [-0.05, 0) is 42.3 Å². The Morgan fingerprint density at radius 2 is 1.88 bits per heavy atom. The van der Waals surface area contributed by atoms with E-state index in [4.69, 9.17) is 21.1 Å². The molecular weight excluding hydrogens is 344 g/mol. The molecule has 0 aliphatic carbocycles. The summed E-state index contributed by atoms with van der Waals surface area (Å²) < 4.78 is 10.5. The fourth-order valence-electron chi connectivity index (χ4n) is 2.22. The van der Waals surface area contributed by atoms with Crippen molar-refractivity contribution in [3.63, 3.8) is 0 Å². The van der Waals surface area contributed by atoms with Crippen molar-refractivity contribution >= 4 is 29.0 Å². The first kappa shape index (κ1) is 18.6. The van der Waals surface area contributed by atoms with Gasteiger partial charge in [0.1, 0.15) is 0 Å². The lowest BCUT2D eigenvalue weighted by molar-refractivity contribution is -0.255. The summed E-state index contributed by atoms with van der Waals surface area (Å²) in [7, 11) is 3.16.